The number of nitrogens with zero attached hydrogens (tertiary/aromatic N) is 3. The number of morpholine rings is 1. The highest BCUT2D eigenvalue weighted by molar-refractivity contribution is 8.18. The Morgan fingerprint density at radius 2 is 1.82 bits per heavy atom. The molecule has 0 saturated carbocycles. The van der Waals surface area contributed by atoms with Crippen molar-refractivity contribution in [1.29, 1.82) is 0 Å². The molecule has 3 heterocycles. The minimum absolute atomic E-state index is 0.0138. The van der Waals surface area contributed by atoms with Crippen molar-refractivity contribution in [1.82, 2.24) is 14.4 Å². The first kappa shape index (κ1) is 26.6. The summed E-state index contributed by atoms with van der Waals surface area (Å²) in [5.41, 5.74) is 3.03. The molecule has 2 saturated heterocycles. The number of hydrogen-bond donors (Lipinski definition) is 1. The molecule has 11 heteroatoms. The van der Waals surface area contributed by atoms with Gasteiger partial charge in [0, 0.05) is 35.9 Å². The van der Waals surface area contributed by atoms with Crippen LogP contribution < -0.4 is 5.32 Å². The topological polar surface area (TPSA) is 101 Å². The molecule has 2 aliphatic rings. The van der Waals surface area contributed by atoms with Crippen LogP contribution in [0.15, 0.2) is 53.6 Å². The lowest BCUT2D eigenvalue weighted by Crippen LogP contribution is -2.42. The van der Waals surface area contributed by atoms with Gasteiger partial charge in [-0.2, -0.15) is 0 Å². The molecule has 5 rings (SSSR count). The number of anilines is 1. The van der Waals surface area contributed by atoms with Crippen LogP contribution in [-0.4, -0.2) is 70.2 Å². The Labute approximate surface area is 228 Å². The van der Waals surface area contributed by atoms with Crippen LogP contribution in [0.1, 0.15) is 18.1 Å². The summed E-state index contributed by atoms with van der Waals surface area (Å²) in [4.78, 5) is 54.1. The third kappa shape index (κ3) is 5.74. The lowest BCUT2D eigenvalue weighted by Gasteiger charge is -2.27. The van der Waals surface area contributed by atoms with Gasteiger partial charge in [0.15, 0.2) is 0 Å². The summed E-state index contributed by atoms with van der Waals surface area (Å²) in [5.74, 6) is -1.60. The van der Waals surface area contributed by atoms with E-state index in [0.717, 1.165) is 39.5 Å². The van der Waals surface area contributed by atoms with Gasteiger partial charge >= 0.3 is 0 Å². The summed E-state index contributed by atoms with van der Waals surface area (Å²) in [6, 6.07) is 11.1. The van der Waals surface area contributed by atoms with Gasteiger partial charge in [-0.3, -0.25) is 24.1 Å². The number of ether oxygens (including phenoxy) is 1. The van der Waals surface area contributed by atoms with Crippen LogP contribution in [0.25, 0.3) is 17.0 Å². The van der Waals surface area contributed by atoms with E-state index in [9.17, 15) is 23.6 Å². The number of halogens is 1. The number of aromatic nitrogens is 1. The van der Waals surface area contributed by atoms with Crippen LogP contribution in [0.3, 0.4) is 0 Å². The molecule has 0 radical (unpaired) electrons. The predicted octanol–water partition coefficient (Wildman–Crippen LogP) is 3.88. The number of amides is 4. The van der Waals surface area contributed by atoms with Gasteiger partial charge in [0.2, 0.25) is 11.8 Å². The van der Waals surface area contributed by atoms with Crippen LogP contribution >= 0.6 is 11.8 Å². The maximum atomic E-state index is 13.1. The van der Waals surface area contributed by atoms with E-state index in [0.29, 0.717) is 37.6 Å². The molecular formula is C28H27FN4O5S. The summed E-state index contributed by atoms with van der Waals surface area (Å²) < 4.78 is 20.4. The Kier molecular flexibility index (Phi) is 7.80. The maximum Gasteiger partial charge on any atom is 0.294 e. The van der Waals surface area contributed by atoms with E-state index >= 15 is 0 Å². The van der Waals surface area contributed by atoms with E-state index in [1.54, 1.807) is 11.0 Å². The SMILES string of the molecule is CCc1cccc2c(/C=C3\SC(=O)N(CC(=O)Nc4ccc(F)cc4)C3=O)cn(CC(=O)N3CCOCC3)c12. The van der Waals surface area contributed by atoms with E-state index < -0.39 is 29.4 Å². The largest absolute Gasteiger partial charge is 0.378 e. The van der Waals surface area contributed by atoms with Crippen molar-refractivity contribution in [3.8, 4) is 0 Å². The van der Waals surface area contributed by atoms with Crippen molar-refractivity contribution in [2.75, 3.05) is 38.2 Å². The molecule has 0 aliphatic carbocycles. The second-order valence-corrected chi connectivity index (χ2v) is 10.2. The number of aryl methyl sites for hydroxylation is 1. The van der Waals surface area contributed by atoms with Gasteiger partial charge in [0.25, 0.3) is 11.1 Å². The fraction of sp³-hybridized carbons (Fsp3) is 0.286. The van der Waals surface area contributed by atoms with E-state index in [2.05, 4.69) is 5.32 Å². The molecule has 0 bridgehead atoms. The average Bonchev–Trinajstić information content (AvgIpc) is 3.42. The van der Waals surface area contributed by atoms with Gasteiger partial charge in [0.05, 0.1) is 23.6 Å². The third-order valence-corrected chi connectivity index (χ3v) is 7.56. The van der Waals surface area contributed by atoms with E-state index in [-0.39, 0.29) is 17.4 Å². The first-order chi connectivity index (χ1) is 18.8. The zero-order chi connectivity index (χ0) is 27.5. The molecular weight excluding hydrogens is 523 g/mol. The quantitative estimate of drug-likeness (QED) is 0.448. The number of hydrogen-bond acceptors (Lipinski definition) is 6. The molecule has 2 fully saturated rings. The number of benzene rings is 2. The molecule has 4 amide bonds. The Morgan fingerprint density at radius 3 is 2.54 bits per heavy atom. The van der Waals surface area contributed by atoms with Crippen molar-refractivity contribution < 1.29 is 28.3 Å². The van der Waals surface area contributed by atoms with Gasteiger partial charge in [-0.25, -0.2) is 4.39 Å². The zero-order valence-corrected chi connectivity index (χ0v) is 22.1. The monoisotopic (exact) mass is 550 g/mol. The molecule has 9 nitrogen and oxygen atoms in total. The molecule has 0 atom stereocenters. The van der Waals surface area contributed by atoms with Crippen molar-refractivity contribution in [2.24, 2.45) is 0 Å². The van der Waals surface area contributed by atoms with Gasteiger partial charge in [0.1, 0.15) is 18.9 Å². The first-order valence-corrected chi connectivity index (χ1v) is 13.4. The van der Waals surface area contributed by atoms with Gasteiger partial charge in [-0.15, -0.1) is 0 Å². The van der Waals surface area contributed by atoms with Crippen LogP contribution in [0.2, 0.25) is 0 Å². The van der Waals surface area contributed by atoms with Gasteiger partial charge in [-0.1, -0.05) is 25.1 Å². The number of thioether (sulfide) groups is 1. The molecule has 2 aromatic carbocycles. The molecule has 1 N–H and O–H groups in total. The van der Waals surface area contributed by atoms with Crippen molar-refractivity contribution in [3.05, 3.63) is 70.5 Å². The summed E-state index contributed by atoms with van der Waals surface area (Å²) in [5, 5.41) is 2.87. The normalized spacial score (nSPS) is 16.9. The Bertz CT molecular complexity index is 1480. The van der Waals surface area contributed by atoms with Crippen LogP contribution in [0.4, 0.5) is 14.9 Å². The number of imide groups is 1. The fourth-order valence-corrected chi connectivity index (χ4v) is 5.53. The minimum atomic E-state index is -0.573. The molecule has 1 aromatic heterocycles. The van der Waals surface area contributed by atoms with Gasteiger partial charge < -0.3 is 19.5 Å². The smallest absolute Gasteiger partial charge is 0.294 e. The molecule has 39 heavy (non-hydrogen) atoms. The first-order valence-electron chi connectivity index (χ1n) is 12.6. The molecule has 3 aromatic rings. The average molecular weight is 551 g/mol. The Balaban J connectivity index is 1.38. The van der Waals surface area contributed by atoms with Crippen molar-refractivity contribution in [2.45, 2.75) is 19.9 Å². The molecule has 2 aliphatic heterocycles. The predicted molar refractivity (Wildman–Crippen MR) is 146 cm³/mol. The number of nitrogens with one attached hydrogen (secondary N) is 1. The number of carbonyl (C=O) groups is 4. The Morgan fingerprint density at radius 1 is 1.08 bits per heavy atom. The lowest BCUT2D eigenvalue weighted by atomic mass is 10.1. The van der Waals surface area contributed by atoms with Gasteiger partial charge in [-0.05, 0) is 54.1 Å². The maximum absolute atomic E-state index is 13.1. The lowest BCUT2D eigenvalue weighted by molar-refractivity contribution is -0.135. The number of fused-ring (bicyclic) bond motifs is 1. The highest BCUT2D eigenvalue weighted by Gasteiger charge is 2.36. The second kappa shape index (κ2) is 11.4. The highest BCUT2D eigenvalue weighted by atomic mass is 32.2. The van der Waals surface area contributed by atoms with Crippen LogP contribution in [-0.2, 0) is 32.1 Å². The third-order valence-electron chi connectivity index (χ3n) is 6.65. The van der Waals surface area contributed by atoms with Crippen molar-refractivity contribution >= 4 is 57.4 Å². The van der Waals surface area contributed by atoms with Crippen LogP contribution in [0.5, 0.6) is 0 Å². The zero-order valence-electron chi connectivity index (χ0n) is 21.3. The molecule has 0 unspecified atom stereocenters. The van der Waals surface area contributed by atoms with Crippen molar-refractivity contribution in [3.63, 3.8) is 0 Å². The second-order valence-electron chi connectivity index (χ2n) is 9.20. The Hall–Kier alpha value is -3.96. The minimum Gasteiger partial charge on any atom is -0.378 e. The number of carbonyl (C=O) groups excluding carboxylic acids is 4. The fourth-order valence-electron chi connectivity index (χ4n) is 4.70. The summed E-state index contributed by atoms with van der Waals surface area (Å²) in [7, 11) is 0. The molecule has 0 spiro atoms. The highest BCUT2D eigenvalue weighted by Crippen LogP contribution is 2.35. The van der Waals surface area contributed by atoms with E-state index in [4.69, 9.17) is 4.74 Å². The van der Waals surface area contributed by atoms with Crippen LogP contribution in [0, 0.1) is 5.82 Å². The van der Waals surface area contributed by atoms with E-state index in [1.165, 1.54) is 24.3 Å². The standard InChI is InChI=1S/C28H27FN4O5S/c1-2-18-4-3-5-22-19(15-32(26(18)22)17-25(35)31-10-12-38-13-11-31)14-23-27(36)33(28(37)39-23)16-24(34)30-21-8-6-20(29)7-9-21/h3-9,14-15H,2,10-13,16-17H2,1H3,(H,30,34)/b23-14-. The number of rotatable bonds is 7. The molecule has 202 valence electrons. The number of para-hydroxylation sites is 1. The summed E-state index contributed by atoms with van der Waals surface area (Å²) >= 11 is 0.762. The summed E-state index contributed by atoms with van der Waals surface area (Å²) in [6.45, 7) is 3.85. The summed E-state index contributed by atoms with van der Waals surface area (Å²) in [6.07, 6.45) is 4.23. The van der Waals surface area contributed by atoms with E-state index in [1.807, 2.05) is 35.9 Å².